The van der Waals surface area contributed by atoms with Crippen LogP contribution >= 0.6 is 0 Å². The number of hydrogen-bond acceptors (Lipinski definition) is 7. The Morgan fingerprint density at radius 2 is 1.65 bits per heavy atom. The van der Waals surface area contributed by atoms with Crippen LogP contribution in [0.25, 0.3) is 21.7 Å². The Kier molecular flexibility index (Phi) is 10.8. The first-order valence-electron chi connectivity index (χ1n) is 18.1. The summed E-state index contributed by atoms with van der Waals surface area (Å²) in [5, 5.41) is 14.3. The molecular weight excluding hydrogens is 703 g/mol. The summed E-state index contributed by atoms with van der Waals surface area (Å²) >= 11 is 0. The van der Waals surface area contributed by atoms with Gasteiger partial charge >= 0.3 is 0 Å². The van der Waals surface area contributed by atoms with Gasteiger partial charge in [0.25, 0.3) is 0 Å². The minimum absolute atomic E-state index is 0.116. The van der Waals surface area contributed by atoms with Crippen LogP contribution in [0.2, 0.25) is 0 Å². The summed E-state index contributed by atoms with van der Waals surface area (Å²) in [6.45, 7) is 2.27. The molecule has 6 aromatic rings. The van der Waals surface area contributed by atoms with Gasteiger partial charge in [-0.2, -0.15) is 4.31 Å². The molecule has 0 aliphatic carbocycles. The number of amides is 1. The van der Waals surface area contributed by atoms with E-state index in [1.807, 2.05) is 85.8 Å². The highest BCUT2D eigenvalue weighted by Gasteiger charge is 2.42. The number of nitrogens with zero attached hydrogens (tertiary/aromatic N) is 2. The van der Waals surface area contributed by atoms with Crippen molar-refractivity contribution in [2.75, 3.05) is 20.2 Å². The molecule has 11 heteroatoms. The van der Waals surface area contributed by atoms with Crippen LogP contribution in [0.4, 0.5) is 0 Å². The molecule has 0 radical (unpaired) electrons. The van der Waals surface area contributed by atoms with Gasteiger partial charge in [-0.25, -0.2) is 8.42 Å². The number of aromatic nitrogens is 1. The van der Waals surface area contributed by atoms with E-state index in [0.717, 1.165) is 21.9 Å². The molecule has 2 heterocycles. The van der Waals surface area contributed by atoms with Crippen molar-refractivity contribution in [3.8, 4) is 11.5 Å². The normalized spacial score (nSPS) is 15.9. The highest BCUT2D eigenvalue weighted by molar-refractivity contribution is 7.89. The highest BCUT2D eigenvalue weighted by Crippen LogP contribution is 2.33. The van der Waals surface area contributed by atoms with Crippen LogP contribution in [0.1, 0.15) is 42.6 Å². The minimum atomic E-state index is -4.03. The first-order valence-corrected chi connectivity index (χ1v) is 19.5. The fourth-order valence-corrected chi connectivity index (χ4v) is 8.99. The molecule has 1 aliphatic rings. The zero-order valence-corrected chi connectivity index (χ0v) is 31.0. The summed E-state index contributed by atoms with van der Waals surface area (Å²) in [5.41, 5.74) is 2.51. The SMILES string of the molecule is COc1ccc(C[C@H](C)N(C[C@@H](O)c2ccc(OCc3ccccc3)c3[nH]c(=O)ccc23)C(=O)[C@@H]2CCCN2S(=O)(=O)c2ccc3ccccc3c2)cc1. The molecule has 1 fully saturated rings. The lowest BCUT2D eigenvalue weighted by atomic mass is 9.99. The van der Waals surface area contributed by atoms with Crippen LogP contribution in [-0.2, 0) is 27.8 Å². The van der Waals surface area contributed by atoms with Gasteiger partial charge < -0.3 is 24.5 Å². The van der Waals surface area contributed by atoms with Gasteiger partial charge in [-0.15, -0.1) is 0 Å². The summed E-state index contributed by atoms with van der Waals surface area (Å²) < 4.78 is 41.1. The van der Waals surface area contributed by atoms with Gasteiger partial charge in [-0.3, -0.25) is 9.59 Å². The van der Waals surface area contributed by atoms with E-state index >= 15 is 0 Å². The number of sulfonamides is 1. The third kappa shape index (κ3) is 7.75. The number of methoxy groups -OCH3 is 1. The maximum Gasteiger partial charge on any atom is 0.248 e. The van der Waals surface area contributed by atoms with Crippen LogP contribution in [0.15, 0.2) is 131 Å². The number of carbonyl (C=O) groups is 1. The number of carbonyl (C=O) groups excluding carboxylic acids is 1. The molecule has 1 aliphatic heterocycles. The number of aromatic amines is 1. The number of hydrogen-bond donors (Lipinski definition) is 2. The molecule has 2 N–H and O–H groups in total. The summed E-state index contributed by atoms with van der Waals surface area (Å²) in [7, 11) is -2.44. The van der Waals surface area contributed by atoms with Gasteiger partial charge in [0.05, 0.1) is 30.2 Å². The summed E-state index contributed by atoms with van der Waals surface area (Å²) in [4.78, 5) is 31.9. The largest absolute Gasteiger partial charge is 0.497 e. The maximum absolute atomic E-state index is 14.7. The number of ether oxygens (including phenoxy) is 2. The number of nitrogens with one attached hydrogen (secondary N) is 1. The van der Waals surface area contributed by atoms with E-state index in [4.69, 9.17) is 9.47 Å². The molecule has 1 saturated heterocycles. The van der Waals surface area contributed by atoms with Gasteiger partial charge in [0.15, 0.2) is 0 Å². The van der Waals surface area contributed by atoms with Crippen LogP contribution in [0.3, 0.4) is 0 Å². The molecule has 1 aromatic heterocycles. The fraction of sp³-hybridized carbons (Fsp3) is 0.256. The molecule has 0 spiro atoms. The number of H-pyrrole nitrogens is 1. The van der Waals surface area contributed by atoms with Crippen molar-refractivity contribution in [2.45, 2.75) is 55.9 Å². The molecule has 278 valence electrons. The van der Waals surface area contributed by atoms with Gasteiger partial charge in [0.1, 0.15) is 24.1 Å². The Morgan fingerprint density at radius 3 is 2.41 bits per heavy atom. The topological polar surface area (TPSA) is 129 Å². The minimum Gasteiger partial charge on any atom is -0.497 e. The highest BCUT2D eigenvalue weighted by atomic mass is 32.2. The van der Waals surface area contributed by atoms with Crippen molar-refractivity contribution >= 4 is 37.6 Å². The zero-order valence-electron chi connectivity index (χ0n) is 30.2. The van der Waals surface area contributed by atoms with Crippen molar-refractivity contribution in [3.63, 3.8) is 0 Å². The number of pyridine rings is 1. The average molecular weight is 746 g/mol. The van der Waals surface area contributed by atoms with Crippen LogP contribution < -0.4 is 15.0 Å². The Labute approximate surface area is 314 Å². The van der Waals surface area contributed by atoms with Crippen molar-refractivity contribution in [1.29, 1.82) is 0 Å². The molecule has 0 saturated carbocycles. The zero-order chi connectivity index (χ0) is 37.8. The molecule has 7 rings (SSSR count). The Balaban J connectivity index is 1.20. The molecule has 0 bridgehead atoms. The van der Waals surface area contributed by atoms with E-state index in [2.05, 4.69) is 4.98 Å². The molecule has 1 amide bonds. The van der Waals surface area contributed by atoms with Crippen LogP contribution in [0.5, 0.6) is 11.5 Å². The Morgan fingerprint density at radius 1 is 0.907 bits per heavy atom. The van der Waals surface area contributed by atoms with Gasteiger partial charge in [-0.05, 0) is 90.0 Å². The van der Waals surface area contributed by atoms with E-state index in [-0.39, 0.29) is 36.1 Å². The lowest BCUT2D eigenvalue weighted by molar-refractivity contribution is -0.138. The van der Waals surface area contributed by atoms with Crippen LogP contribution in [-0.4, -0.2) is 65.9 Å². The lowest BCUT2D eigenvalue weighted by Gasteiger charge is -2.35. The van der Waals surface area contributed by atoms with E-state index in [1.54, 1.807) is 48.4 Å². The Bertz CT molecular complexity index is 2430. The molecule has 5 aromatic carbocycles. The number of fused-ring (bicyclic) bond motifs is 2. The second-order valence-electron chi connectivity index (χ2n) is 13.7. The van der Waals surface area contributed by atoms with E-state index in [1.165, 1.54) is 10.4 Å². The van der Waals surface area contributed by atoms with Crippen molar-refractivity contribution in [1.82, 2.24) is 14.2 Å². The summed E-state index contributed by atoms with van der Waals surface area (Å²) in [6.07, 6.45) is 0.142. The first kappa shape index (κ1) is 36.9. The van der Waals surface area contributed by atoms with Crippen molar-refractivity contribution in [2.24, 2.45) is 0 Å². The van der Waals surface area contributed by atoms with Crippen LogP contribution in [0, 0.1) is 0 Å². The van der Waals surface area contributed by atoms with Crippen molar-refractivity contribution < 1.29 is 27.8 Å². The molecule has 54 heavy (non-hydrogen) atoms. The summed E-state index contributed by atoms with van der Waals surface area (Å²) in [5.74, 6) is 0.776. The predicted molar refractivity (Wildman–Crippen MR) is 209 cm³/mol. The number of rotatable bonds is 13. The Hall–Kier alpha value is -5.49. The molecule has 3 atom stereocenters. The monoisotopic (exact) mass is 745 g/mol. The second-order valence-corrected chi connectivity index (χ2v) is 15.6. The fourth-order valence-electron chi connectivity index (χ4n) is 7.31. The number of benzene rings is 5. The predicted octanol–water partition coefficient (Wildman–Crippen LogP) is 6.62. The number of aliphatic hydroxyl groups is 1. The van der Waals surface area contributed by atoms with E-state index in [9.17, 15) is 23.1 Å². The molecule has 10 nitrogen and oxygen atoms in total. The van der Waals surface area contributed by atoms with Gasteiger partial charge in [0.2, 0.25) is 21.5 Å². The van der Waals surface area contributed by atoms with Crippen molar-refractivity contribution in [3.05, 3.63) is 148 Å². The van der Waals surface area contributed by atoms with Gasteiger partial charge in [-0.1, -0.05) is 78.9 Å². The maximum atomic E-state index is 14.7. The third-order valence-corrected chi connectivity index (χ3v) is 12.1. The third-order valence-electron chi connectivity index (χ3n) is 10.2. The smallest absolute Gasteiger partial charge is 0.248 e. The number of aliphatic hydroxyl groups excluding tert-OH is 1. The second kappa shape index (κ2) is 15.9. The quantitative estimate of drug-likeness (QED) is 0.136. The molecular formula is C43H43N3O7S. The average Bonchev–Trinajstić information content (AvgIpc) is 3.70. The standard InChI is InChI=1S/C43H43N3O7S/c1-29(25-30-14-17-34(52-2)18-15-30)45(43(49)38-13-8-24-46(38)54(50,51)35-19-16-32-11-6-7-12-33(32)26-35)27-39(47)36-20-22-40(42-37(36)21-23-41(48)44-42)53-28-31-9-4-3-5-10-31/h3-7,9-12,14-23,26,29,38-39,47H,8,13,24-25,27-28H2,1-2H3,(H,44,48)/t29-,38-,39+/m0/s1. The molecule has 0 unspecified atom stereocenters. The van der Waals surface area contributed by atoms with E-state index in [0.29, 0.717) is 47.2 Å². The lowest BCUT2D eigenvalue weighted by Crippen LogP contribution is -2.52. The van der Waals surface area contributed by atoms with E-state index < -0.39 is 28.2 Å². The first-order chi connectivity index (χ1) is 26.1. The van der Waals surface area contributed by atoms with Gasteiger partial charge in [0, 0.05) is 24.0 Å². The summed E-state index contributed by atoms with van der Waals surface area (Å²) in [6, 6.07) is 34.9.